The minimum absolute atomic E-state index is 0.241. The third kappa shape index (κ3) is 6.69. The zero-order valence-electron chi connectivity index (χ0n) is 9.37. The Kier molecular flexibility index (Phi) is 6.44. The lowest BCUT2D eigenvalue weighted by Gasteiger charge is -2.18. The first-order valence-electron chi connectivity index (χ1n) is 4.86. The van der Waals surface area contributed by atoms with Crippen LogP contribution in [-0.4, -0.2) is 48.0 Å². The molecule has 0 spiro atoms. The molecular formula is C9H15NO6S. The van der Waals surface area contributed by atoms with E-state index < -0.39 is 22.0 Å². The van der Waals surface area contributed by atoms with E-state index in [2.05, 4.69) is 0 Å². The fourth-order valence-electron chi connectivity index (χ4n) is 1.07. The molecule has 0 fully saturated rings. The quantitative estimate of drug-likeness (QED) is 0.643. The highest BCUT2D eigenvalue weighted by atomic mass is 32.2. The first kappa shape index (κ1) is 15.6. The first-order chi connectivity index (χ1) is 7.79. The molecular weight excluding hydrogens is 250 g/mol. The van der Waals surface area contributed by atoms with Crippen molar-refractivity contribution in [3.8, 4) is 0 Å². The lowest BCUT2D eigenvalue weighted by atomic mass is 10.4. The number of carboxylic acids is 2. The average Bonchev–Trinajstić information content (AvgIpc) is 2.15. The highest BCUT2D eigenvalue weighted by Gasteiger charge is 2.20. The molecule has 8 heteroatoms. The normalized spacial score (nSPS) is 12.1. The maximum absolute atomic E-state index is 11.6. The van der Waals surface area contributed by atoms with Gasteiger partial charge in [0.15, 0.2) is 0 Å². The van der Waals surface area contributed by atoms with Crippen molar-refractivity contribution >= 4 is 22.0 Å². The van der Waals surface area contributed by atoms with E-state index in [-0.39, 0.29) is 25.9 Å². The smallest absolute Gasteiger partial charge is 0.304 e. The van der Waals surface area contributed by atoms with Crippen molar-refractivity contribution < 1.29 is 28.2 Å². The van der Waals surface area contributed by atoms with Gasteiger partial charge in [0.25, 0.3) is 0 Å². The molecule has 0 aliphatic rings. The lowest BCUT2D eigenvalue weighted by molar-refractivity contribution is -0.137. The van der Waals surface area contributed by atoms with Crippen LogP contribution in [0.3, 0.4) is 0 Å². The Bertz CT molecular complexity index is 382. The zero-order chi connectivity index (χ0) is 13.5. The van der Waals surface area contributed by atoms with E-state index >= 15 is 0 Å². The molecule has 0 heterocycles. The molecule has 0 bridgehead atoms. The van der Waals surface area contributed by atoms with Crippen LogP contribution in [0.25, 0.3) is 0 Å². The van der Waals surface area contributed by atoms with Crippen LogP contribution >= 0.6 is 0 Å². The topological polar surface area (TPSA) is 112 Å². The fourth-order valence-corrected chi connectivity index (χ4v) is 2.27. The number of rotatable bonds is 8. The molecule has 0 rings (SSSR count). The van der Waals surface area contributed by atoms with Gasteiger partial charge in [-0.05, 0) is 6.92 Å². The van der Waals surface area contributed by atoms with Gasteiger partial charge in [-0.1, -0.05) is 6.08 Å². The second kappa shape index (κ2) is 7.02. The average molecular weight is 265 g/mol. The molecule has 0 saturated heterocycles. The molecule has 7 nitrogen and oxygen atoms in total. The Morgan fingerprint density at radius 3 is 1.82 bits per heavy atom. The van der Waals surface area contributed by atoms with Gasteiger partial charge in [-0.2, -0.15) is 4.31 Å². The van der Waals surface area contributed by atoms with Crippen molar-refractivity contribution in [2.75, 3.05) is 13.1 Å². The summed E-state index contributed by atoms with van der Waals surface area (Å²) >= 11 is 0. The minimum Gasteiger partial charge on any atom is -0.481 e. The van der Waals surface area contributed by atoms with Gasteiger partial charge < -0.3 is 10.2 Å². The monoisotopic (exact) mass is 265 g/mol. The van der Waals surface area contributed by atoms with E-state index in [4.69, 9.17) is 10.2 Å². The van der Waals surface area contributed by atoms with E-state index in [9.17, 15) is 18.0 Å². The van der Waals surface area contributed by atoms with Gasteiger partial charge in [-0.25, -0.2) is 8.42 Å². The van der Waals surface area contributed by atoms with Gasteiger partial charge in [-0.15, -0.1) is 0 Å². The summed E-state index contributed by atoms with van der Waals surface area (Å²) in [5.41, 5.74) is 0. The summed E-state index contributed by atoms with van der Waals surface area (Å²) in [5, 5.41) is 17.9. The first-order valence-corrected chi connectivity index (χ1v) is 6.36. The number of sulfonamides is 1. The molecule has 0 aromatic carbocycles. The Balaban J connectivity index is 4.71. The van der Waals surface area contributed by atoms with Crippen molar-refractivity contribution in [3.05, 3.63) is 11.5 Å². The van der Waals surface area contributed by atoms with Crippen LogP contribution < -0.4 is 0 Å². The molecule has 0 aromatic rings. The molecule has 17 heavy (non-hydrogen) atoms. The number of nitrogens with zero attached hydrogens (tertiary/aromatic N) is 1. The van der Waals surface area contributed by atoms with Crippen LogP contribution in [0.1, 0.15) is 19.8 Å². The molecule has 0 amide bonds. The van der Waals surface area contributed by atoms with E-state index in [0.29, 0.717) is 0 Å². The highest BCUT2D eigenvalue weighted by Crippen LogP contribution is 2.06. The second-order valence-electron chi connectivity index (χ2n) is 3.20. The van der Waals surface area contributed by atoms with Crippen LogP contribution in [0.5, 0.6) is 0 Å². The SMILES string of the molecule is CC=CS(=O)(=O)N(CCC(=O)O)CCC(=O)O. The summed E-state index contributed by atoms with van der Waals surface area (Å²) < 4.78 is 24.1. The van der Waals surface area contributed by atoms with Gasteiger partial charge in [0.2, 0.25) is 10.0 Å². The van der Waals surface area contributed by atoms with E-state index in [1.807, 2.05) is 0 Å². The van der Waals surface area contributed by atoms with Crippen molar-refractivity contribution in [1.82, 2.24) is 4.31 Å². The Morgan fingerprint density at radius 1 is 1.12 bits per heavy atom. The molecule has 0 aromatic heterocycles. The molecule has 0 radical (unpaired) electrons. The molecule has 0 aliphatic heterocycles. The molecule has 0 unspecified atom stereocenters. The van der Waals surface area contributed by atoms with Gasteiger partial charge in [0, 0.05) is 18.5 Å². The summed E-state index contributed by atoms with van der Waals surface area (Å²) in [7, 11) is -3.74. The van der Waals surface area contributed by atoms with Crippen molar-refractivity contribution in [2.45, 2.75) is 19.8 Å². The summed E-state index contributed by atoms with van der Waals surface area (Å²) in [6.07, 6.45) is 0.566. The minimum atomic E-state index is -3.74. The predicted octanol–water partition coefficient (Wildman–Crippen LogP) is 0.101. The maximum atomic E-state index is 11.6. The van der Waals surface area contributed by atoms with E-state index in [1.165, 1.54) is 13.0 Å². The van der Waals surface area contributed by atoms with Gasteiger partial charge in [0.05, 0.1) is 12.8 Å². The number of aliphatic carboxylic acids is 2. The van der Waals surface area contributed by atoms with Crippen molar-refractivity contribution in [2.24, 2.45) is 0 Å². The molecule has 0 aliphatic carbocycles. The Labute approximate surface area is 99.4 Å². The van der Waals surface area contributed by atoms with Crippen LogP contribution in [0, 0.1) is 0 Å². The molecule has 2 N–H and O–H groups in total. The second-order valence-corrected chi connectivity index (χ2v) is 5.02. The third-order valence-electron chi connectivity index (χ3n) is 1.82. The number of hydrogen-bond donors (Lipinski definition) is 2. The zero-order valence-corrected chi connectivity index (χ0v) is 10.2. The lowest BCUT2D eigenvalue weighted by Crippen LogP contribution is -2.33. The number of allylic oxidation sites excluding steroid dienone is 1. The van der Waals surface area contributed by atoms with Crippen LogP contribution in [0.4, 0.5) is 0 Å². The van der Waals surface area contributed by atoms with Crippen LogP contribution in [0.2, 0.25) is 0 Å². The Morgan fingerprint density at radius 2 is 1.53 bits per heavy atom. The van der Waals surface area contributed by atoms with Crippen LogP contribution in [0.15, 0.2) is 11.5 Å². The van der Waals surface area contributed by atoms with Gasteiger partial charge >= 0.3 is 11.9 Å². The van der Waals surface area contributed by atoms with Crippen LogP contribution in [-0.2, 0) is 19.6 Å². The number of carbonyl (C=O) groups is 2. The molecule has 0 atom stereocenters. The fraction of sp³-hybridized carbons (Fsp3) is 0.556. The van der Waals surface area contributed by atoms with Gasteiger partial charge in [0.1, 0.15) is 0 Å². The standard InChI is InChI=1S/C9H15NO6S/c1-2-7-17(15,16)10(5-3-8(11)12)6-4-9(13)14/h2,7H,3-6H2,1H3,(H,11,12)(H,13,14). The summed E-state index contributed by atoms with van der Waals surface area (Å²) in [6.45, 7) is 1.02. The molecule has 98 valence electrons. The highest BCUT2D eigenvalue weighted by molar-refractivity contribution is 7.92. The predicted molar refractivity (Wildman–Crippen MR) is 59.8 cm³/mol. The van der Waals surface area contributed by atoms with Crippen molar-refractivity contribution in [3.63, 3.8) is 0 Å². The maximum Gasteiger partial charge on any atom is 0.304 e. The number of hydrogen-bond acceptors (Lipinski definition) is 4. The van der Waals surface area contributed by atoms with E-state index in [1.54, 1.807) is 0 Å². The number of carboxylic acid groups (broad SMARTS) is 2. The molecule has 0 saturated carbocycles. The summed E-state index contributed by atoms with van der Waals surface area (Å²) in [6, 6.07) is 0. The largest absolute Gasteiger partial charge is 0.481 e. The van der Waals surface area contributed by atoms with Gasteiger partial charge in [-0.3, -0.25) is 9.59 Å². The summed E-state index contributed by atoms with van der Waals surface area (Å²) in [5.74, 6) is -2.28. The van der Waals surface area contributed by atoms with E-state index in [0.717, 1.165) is 9.71 Å². The van der Waals surface area contributed by atoms with Crippen molar-refractivity contribution in [1.29, 1.82) is 0 Å². The Hall–Kier alpha value is -1.41. The third-order valence-corrected chi connectivity index (χ3v) is 3.52. The summed E-state index contributed by atoms with van der Waals surface area (Å²) in [4.78, 5) is 20.7.